The molecule has 1 unspecified atom stereocenters. The highest BCUT2D eigenvalue weighted by atomic mass is 79.9. The number of alkyl halides is 2. The van der Waals surface area contributed by atoms with Gasteiger partial charge in [-0.25, -0.2) is 0 Å². The molecule has 0 fully saturated rings. The van der Waals surface area contributed by atoms with Gasteiger partial charge in [0.15, 0.2) is 0 Å². The van der Waals surface area contributed by atoms with Gasteiger partial charge in [-0.2, -0.15) is 0 Å². The van der Waals surface area contributed by atoms with Gasteiger partial charge in [-0.05, 0) is 20.8 Å². The van der Waals surface area contributed by atoms with Crippen LogP contribution >= 0.6 is 27.5 Å². The Balaban J connectivity index is 4.12. The predicted octanol–water partition coefficient (Wildman–Crippen LogP) is 2.26. The van der Waals surface area contributed by atoms with Gasteiger partial charge in [0.2, 0.25) is 0 Å². The number of carbonyl (C=O) groups excluding carboxylic acids is 2. The first-order chi connectivity index (χ1) is 7.28. The normalized spacial score (nSPS) is 13.1. The first kappa shape index (κ1) is 15.7. The van der Waals surface area contributed by atoms with E-state index in [-0.39, 0.29) is 12.3 Å². The summed E-state index contributed by atoms with van der Waals surface area (Å²) in [6.45, 7) is 5.33. The average Bonchev–Trinajstić information content (AvgIpc) is 2.13. The summed E-state index contributed by atoms with van der Waals surface area (Å²) in [7, 11) is 0. The van der Waals surface area contributed by atoms with E-state index in [1.807, 2.05) is 0 Å². The Morgan fingerprint density at radius 3 is 2.25 bits per heavy atom. The molecule has 1 atom stereocenters. The van der Waals surface area contributed by atoms with Crippen LogP contribution in [0.4, 0.5) is 0 Å². The van der Waals surface area contributed by atoms with Gasteiger partial charge in [0.1, 0.15) is 17.6 Å². The van der Waals surface area contributed by atoms with Gasteiger partial charge >= 0.3 is 11.9 Å². The summed E-state index contributed by atoms with van der Waals surface area (Å²) >= 11 is 8.44. The van der Waals surface area contributed by atoms with E-state index in [1.54, 1.807) is 20.8 Å². The Morgan fingerprint density at radius 1 is 1.31 bits per heavy atom. The Hall–Kier alpha value is -0.290. The monoisotopic (exact) mass is 314 g/mol. The molecule has 16 heavy (non-hydrogen) atoms. The lowest BCUT2D eigenvalue weighted by Crippen LogP contribution is -2.29. The minimum absolute atomic E-state index is 0.0190. The Kier molecular flexibility index (Phi) is 6.99. The summed E-state index contributed by atoms with van der Waals surface area (Å²) in [6, 6.07) is 0. The van der Waals surface area contributed by atoms with Crippen molar-refractivity contribution in [3.63, 3.8) is 0 Å². The molecule has 0 heterocycles. The van der Waals surface area contributed by atoms with Crippen molar-refractivity contribution >= 4 is 39.5 Å². The van der Waals surface area contributed by atoms with Crippen molar-refractivity contribution in [1.82, 2.24) is 0 Å². The van der Waals surface area contributed by atoms with Crippen molar-refractivity contribution in [2.24, 2.45) is 0 Å². The Morgan fingerprint density at radius 2 is 1.88 bits per heavy atom. The highest BCUT2D eigenvalue weighted by Gasteiger charge is 2.22. The summed E-state index contributed by atoms with van der Waals surface area (Å²) in [5, 5.41) is 0.370. The van der Waals surface area contributed by atoms with Gasteiger partial charge in [0, 0.05) is 5.33 Å². The van der Waals surface area contributed by atoms with Crippen molar-refractivity contribution in [2.45, 2.75) is 38.9 Å². The van der Waals surface area contributed by atoms with Crippen molar-refractivity contribution in [3.8, 4) is 0 Å². The number of ether oxygens (including phenoxy) is 2. The fourth-order valence-electron chi connectivity index (χ4n) is 0.914. The zero-order valence-corrected chi connectivity index (χ0v) is 11.9. The van der Waals surface area contributed by atoms with E-state index in [4.69, 9.17) is 21.1 Å². The lowest BCUT2D eigenvalue weighted by molar-refractivity contribution is -0.159. The van der Waals surface area contributed by atoms with E-state index >= 15 is 0 Å². The van der Waals surface area contributed by atoms with Crippen LogP contribution in [0.3, 0.4) is 0 Å². The standard InChI is InChI=1S/C10H16BrClO4/c1-10(2,3)16-8(13)4-7(5-11)15-9(14)6-12/h7H,4-6H2,1-3H3. The van der Waals surface area contributed by atoms with Crippen LogP contribution in [0.2, 0.25) is 0 Å². The molecule has 6 heteroatoms. The molecule has 0 N–H and O–H groups in total. The maximum Gasteiger partial charge on any atom is 0.321 e. The van der Waals surface area contributed by atoms with Gasteiger partial charge in [-0.15, -0.1) is 11.6 Å². The van der Waals surface area contributed by atoms with Crippen LogP contribution in [0.1, 0.15) is 27.2 Å². The molecule has 0 aromatic heterocycles. The molecule has 0 aromatic carbocycles. The third-order valence-electron chi connectivity index (χ3n) is 1.39. The van der Waals surface area contributed by atoms with Gasteiger partial charge < -0.3 is 9.47 Å². The molecule has 0 saturated carbocycles. The highest BCUT2D eigenvalue weighted by Crippen LogP contribution is 2.12. The second kappa shape index (κ2) is 7.12. The van der Waals surface area contributed by atoms with E-state index < -0.39 is 23.6 Å². The van der Waals surface area contributed by atoms with Crippen LogP contribution in [0, 0.1) is 0 Å². The zero-order chi connectivity index (χ0) is 12.8. The lowest BCUT2D eigenvalue weighted by atomic mass is 10.2. The molecule has 0 saturated heterocycles. The number of hydrogen-bond acceptors (Lipinski definition) is 4. The Bertz CT molecular complexity index is 250. The first-order valence-electron chi connectivity index (χ1n) is 4.81. The van der Waals surface area contributed by atoms with Crippen LogP contribution in [-0.2, 0) is 19.1 Å². The average molecular weight is 316 g/mol. The number of carbonyl (C=O) groups is 2. The SMILES string of the molecule is CC(C)(C)OC(=O)CC(CBr)OC(=O)CCl. The summed E-state index contributed by atoms with van der Waals surface area (Å²) in [4.78, 5) is 22.4. The van der Waals surface area contributed by atoms with Gasteiger partial charge in [0.25, 0.3) is 0 Å². The maximum atomic E-state index is 11.4. The van der Waals surface area contributed by atoms with Crippen molar-refractivity contribution in [3.05, 3.63) is 0 Å². The number of halogens is 2. The molecule has 94 valence electrons. The van der Waals surface area contributed by atoms with E-state index in [0.29, 0.717) is 5.33 Å². The molecule has 0 aromatic rings. The lowest BCUT2D eigenvalue weighted by Gasteiger charge is -2.21. The van der Waals surface area contributed by atoms with Crippen LogP contribution in [0.25, 0.3) is 0 Å². The maximum absolute atomic E-state index is 11.4. The quantitative estimate of drug-likeness (QED) is 0.577. The van der Waals surface area contributed by atoms with Gasteiger partial charge in [-0.3, -0.25) is 9.59 Å². The van der Waals surface area contributed by atoms with E-state index in [1.165, 1.54) is 0 Å². The molecule has 0 radical (unpaired) electrons. The second-order valence-electron chi connectivity index (χ2n) is 4.19. The zero-order valence-electron chi connectivity index (χ0n) is 9.59. The van der Waals surface area contributed by atoms with E-state index in [9.17, 15) is 9.59 Å². The molecular weight excluding hydrogens is 299 g/mol. The fraction of sp³-hybridized carbons (Fsp3) is 0.800. The Labute approximate surface area is 109 Å². The number of rotatable bonds is 5. The van der Waals surface area contributed by atoms with Crippen LogP contribution in [0.15, 0.2) is 0 Å². The van der Waals surface area contributed by atoms with E-state index in [2.05, 4.69) is 15.9 Å². The molecule has 0 amide bonds. The molecular formula is C10H16BrClO4. The minimum atomic E-state index is -0.547. The third-order valence-corrected chi connectivity index (χ3v) is 2.33. The fourth-order valence-corrected chi connectivity index (χ4v) is 1.34. The van der Waals surface area contributed by atoms with Crippen LogP contribution < -0.4 is 0 Å². The van der Waals surface area contributed by atoms with Gasteiger partial charge in [0.05, 0.1) is 6.42 Å². The molecule has 0 aliphatic heterocycles. The minimum Gasteiger partial charge on any atom is -0.460 e. The number of esters is 2. The summed E-state index contributed by atoms with van der Waals surface area (Å²) in [5.41, 5.74) is -0.537. The summed E-state index contributed by atoms with van der Waals surface area (Å²) in [5.74, 6) is -1.17. The van der Waals surface area contributed by atoms with Gasteiger partial charge in [-0.1, -0.05) is 15.9 Å². The van der Waals surface area contributed by atoms with Crippen LogP contribution in [0.5, 0.6) is 0 Å². The molecule has 0 aliphatic carbocycles. The van der Waals surface area contributed by atoms with Crippen molar-refractivity contribution in [1.29, 1.82) is 0 Å². The summed E-state index contributed by atoms with van der Waals surface area (Å²) < 4.78 is 10.0. The van der Waals surface area contributed by atoms with Crippen molar-refractivity contribution in [2.75, 3.05) is 11.2 Å². The molecule has 0 aliphatic rings. The molecule has 0 bridgehead atoms. The molecule has 4 nitrogen and oxygen atoms in total. The highest BCUT2D eigenvalue weighted by molar-refractivity contribution is 9.09. The topological polar surface area (TPSA) is 52.6 Å². The van der Waals surface area contributed by atoms with Crippen LogP contribution in [-0.4, -0.2) is 34.9 Å². The number of hydrogen-bond donors (Lipinski definition) is 0. The second-order valence-corrected chi connectivity index (χ2v) is 5.11. The van der Waals surface area contributed by atoms with Crippen molar-refractivity contribution < 1.29 is 19.1 Å². The molecule has 0 spiro atoms. The first-order valence-corrected chi connectivity index (χ1v) is 6.47. The predicted molar refractivity (Wildman–Crippen MR) is 64.9 cm³/mol. The van der Waals surface area contributed by atoms with E-state index in [0.717, 1.165) is 0 Å². The smallest absolute Gasteiger partial charge is 0.321 e. The summed E-state index contributed by atoms with van der Waals surface area (Å²) in [6.07, 6.45) is -0.522. The molecule has 0 rings (SSSR count). The third kappa shape index (κ3) is 7.93. The largest absolute Gasteiger partial charge is 0.460 e.